The highest BCUT2D eigenvalue weighted by Crippen LogP contribution is 2.16. The van der Waals surface area contributed by atoms with Gasteiger partial charge in [-0.15, -0.1) is 0 Å². The number of nitrogens with one attached hydrogen (secondary N) is 2. The molecule has 0 aliphatic carbocycles. The van der Waals surface area contributed by atoms with Crippen molar-refractivity contribution in [3.8, 4) is 5.75 Å². The van der Waals surface area contributed by atoms with Gasteiger partial charge in [0.15, 0.2) is 0 Å². The molecule has 1 aromatic rings. The van der Waals surface area contributed by atoms with Gasteiger partial charge in [-0.25, -0.2) is 4.79 Å². The minimum atomic E-state index is -1.50. The lowest BCUT2D eigenvalue weighted by molar-refractivity contribution is -0.141. The number of aliphatic carboxylic acids is 1. The third kappa shape index (κ3) is 5.57. The summed E-state index contributed by atoms with van der Waals surface area (Å²) in [5.41, 5.74) is -0.975. The van der Waals surface area contributed by atoms with E-state index in [1.54, 1.807) is 24.3 Å². The van der Waals surface area contributed by atoms with Gasteiger partial charge in [-0.1, -0.05) is 6.07 Å². The predicted molar refractivity (Wildman–Crippen MR) is 72.9 cm³/mol. The standard InChI is InChI=1S/C13H18N2O5/c1-13(19,7-11(16)17)8-14-12(18)15-9-4-3-5-10(6-9)20-2/h3-6,19H,7-8H2,1-2H3,(H,16,17)(H2,14,15,18). The normalized spacial score (nSPS) is 13.2. The van der Waals surface area contributed by atoms with Crippen molar-refractivity contribution in [3.63, 3.8) is 0 Å². The molecular formula is C13H18N2O5. The van der Waals surface area contributed by atoms with Crippen LogP contribution in [0.2, 0.25) is 0 Å². The van der Waals surface area contributed by atoms with Crippen LogP contribution in [0.3, 0.4) is 0 Å². The van der Waals surface area contributed by atoms with Gasteiger partial charge in [-0.2, -0.15) is 0 Å². The van der Waals surface area contributed by atoms with Gasteiger partial charge in [0.1, 0.15) is 5.75 Å². The molecule has 0 saturated carbocycles. The van der Waals surface area contributed by atoms with Crippen LogP contribution in [0.4, 0.5) is 10.5 Å². The molecule has 0 aliphatic heterocycles. The monoisotopic (exact) mass is 282 g/mol. The van der Waals surface area contributed by atoms with Gasteiger partial charge in [0.25, 0.3) is 0 Å². The Kier molecular flexibility index (Phi) is 5.33. The summed E-state index contributed by atoms with van der Waals surface area (Å²) in [6.07, 6.45) is -0.452. The molecule has 110 valence electrons. The van der Waals surface area contributed by atoms with Crippen LogP contribution in [-0.4, -0.2) is 41.5 Å². The van der Waals surface area contributed by atoms with E-state index in [1.807, 2.05) is 0 Å². The zero-order chi connectivity index (χ0) is 15.2. The Morgan fingerprint density at radius 2 is 2.10 bits per heavy atom. The third-order valence-corrected chi connectivity index (χ3v) is 2.49. The Morgan fingerprint density at radius 1 is 1.40 bits per heavy atom. The van der Waals surface area contributed by atoms with E-state index in [1.165, 1.54) is 14.0 Å². The van der Waals surface area contributed by atoms with Crippen LogP contribution in [0.15, 0.2) is 24.3 Å². The second-order valence-corrected chi connectivity index (χ2v) is 4.61. The van der Waals surface area contributed by atoms with Crippen LogP contribution < -0.4 is 15.4 Å². The van der Waals surface area contributed by atoms with Crippen LogP contribution in [0, 0.1) is 0 Å². The van der Waals surface area contributed by atoms with Gasteiger partial charge in [-0.3, -0.25) is 4.79 Å². The molecule has 7 heteroatoms. The van der Waals surface area contributed by atoms with E-state index in [0.717, 1.165) is 0 Å². The molecular weight excluding hydrogens is 264 g/mol. The molecule has 1 aromatic carbocycles. The first-order chi connectivity index (χ1) is 9.32. The summed E-state index contributed by atoms with van der Waals surface area (Å²) in [6, 6.07) is 6.23. The fourth-order valence-electron chi connectivity index (χ4n) is 1.54. The number of benzene rings is 1. The van der Waals surface area contributed by atoms with Crippen molar-refractivity contribution in [1.82, 2.24) is 5.32 Å². The number of carboxylic acids is 1. The van der Waals surface area contributed by atoms with Crippen molar-refractivity contribution in [3.05, 3.63) is 24.3 Å². The number of carbonyl (C=O) groups excluding carboxylic acids is 1. The molecule has 20 heavy (non-hydrogen) atoms. The maximum atomic E-state index is 11.6. The van der Waals surface area contributed by atoms with E-state index < -0.39 is 24.0 Å². The molecule has 0 aromatic heterocycles. The number of ether oxygens (including phenoxy) is 1. The Bertz CT molecular complexity index is 487. The topological polar surface area (TPSA) is 108 Å². The highest BCUT2D eigenvalue weighted by molar-refractivity contribution is 5.89. The second kappa shape index (κ2) is 6.76. The molecule has 0 saturated heterocycles. The second-order valence-electron chi connectivity index (χ2n) is 4.61. The fraction of sp³-hybridized carbons (Fsp3) is 0.385. The summed E-state index contributed by atoms with van der Waals surface area (Å²) in [5, 5.41) is 23.3. The number of hydrogen-bond acceptors (Lipinski definition) is 4. The zero-order valence-corrected chi connectivity index (χ0v) is 11.3. The molecule has 0 radical (unpaired) electrons. The molecule has 0 aliphatic rings. The average Bonchev–Trinajstić information content (AvgIpc) is 2.35. The number of urea groups is 1. The first-order valence-electron chi connectivity index (χ1n) is 5.95. The number of carbonyl (C=O) groups is 2. The van der Waals surface area contributed by atoms with E-state index in [2.05, 4.69) is 10.6 Å². The maximum absolute atomic E-state index is 11.6. The van der Waals surface area contributed by atoms with Crippen LogP contribution in [0.25, 0.3) is 0 Å². The third-order valence-electron chi connectivity index (χ3n) is 2.49. The van der Waals surface area contributed by atoms with Gasteiger partial charge in [0.2, 0.25) is 0 Å². The van der Waals surface area contributed by atoms with E-state index in [0.29, 0.717) is 11.4 Å². The fourth-order valence-corrected chi connectivity index (χ4v) is 1.54. The predicted octanol–water partition coefficient (Wildman–Crippen LogP) is 1.04. The first-order valence-corrected chi connectivity index (χ1v) is 5.95. The van der Waals surface area contributed by atoms with E-state index in [9.17, 15) is 14.7 Å². The van der Waals surface area contributed by atoms with Crippen molar-refractivity contribution in [1.29, 1.82) is 0 Å². The smallest absolute Gasteiger partial charge is 0.319 e. The Balaban J connectivity index is 2.49. The minimum Gasteiger partial charge on any atom is -0.497 e. The van der Waals surface area contributed by atoms with Gasteiger partial charge >= 0.3 is 12.0 Å². The van der Waals surface area contributed by atoms with Crippen LogP contribution in [0.1, 0.15) is 13.3 Å². The van der Waals surface area contributed by atoms with Gasteiger partial charge in [0, 0.05) is 18.3 Å². The van der Waals surface area contributed by atoms with Crippen molar-refractivity contribution in [2.45, 2.75) is 18.9 Å². The summed E-state index contributed by atoms with van der Waals surface area (Å²) >= 11 is 0. The molecule has 1 unspecified atom stereocenters. The van der Waals surface area contributed by atoms with Crippen LogP contribution >= 0.6 is 0 Å². The highest BCUT2D eigenvalue weighted by atomic mass is 16.5. The quantitative estimate of drug-likeness (QED) is 0.623. The Morgan fingerprint density at radius 3 is 2.70 bits per heavy atom. The van der Waals surface area contributed by atoms with E-state index >= 15 is 0 Å². The largest absolute Gasteiger partial charge is 0.497 e. The number of amides is 2. The van der Waals surface area contributed by atoms with Crippen molar-refractivity contribution >= 4 is 17.7 Å². The molecule has 0 bridgehead atoms. The number of aliphatic hydroxyl groups is 1. The Hall–Kier alpha value is -2.28. The lowest BCUT2D eigenvalue weighted by atomic mass is 10.0. The lowest BCUT2D eigenvalue weighted by Crippen LogP contribution is -2.43. The highest BCUT2D eigenvalue weighted by Gasteiger charge is 2.24. The van der Waals surface area contributed by atoms with Gasteiger partial charge in [0.05, 0.1) is 19.1 Å². The van der Waals surface area contributed by atoms with Crippen molar-refractivity contribution in [2.24, 2.45) is 0 Å². The summed E-state index contributed by atoms with van der Waals surface area (Å²) in [6.45, 7) is 1.17. The number of methoxy groups -OCH3 is 1. The number of carboxylic acid groups (broad SMARTS) is 1. The summed E-state index contributed by atoms with van der Waals surface area (Å²) in [4.78, 5) is 22.1. The molecule has 1 atom stereocenters. The summed E-state index contributed by atoms with van der Waals surface area (Å²) in [7, 11) is 1.52. The zero-order valence-electron chi connectivity index (χ0n) is 11.3. The van der Waals surface area contributed by atoms with Gasteiger partial charge < -0.3 is 25.6 Å². The summed E-state index contributed by atoms with van der Waals surface area (Å²) < 4.78 is 5.02. The molecule has 0 spiro atoms. The SMILES string of the molecule is COc1cccc(NC(=O)NCC(C)(O)CC(=O)O)c1. The van der Waals surface area contributed by atoms with E-state index in [4.69, 9.17) is 9.84 Å². The van der Waals surface area contributed by atoms with Crippen molar-refractivity contribution in [2.75, 3.05) is 19.0 Å². The minimum absolute atomic E-state index is 0.172. The first kappa shape index (κ1) is 15.8. The molecule has 7 nitrogen and oxygen atoms in total. The van der Waals surface area contributed by atoms with Crippen molar-refractivity contribution < 1.29 is 24.5 Å². The molecule has 4 N–H and O–H groups in total. The molecule has 1 rings (SSSR count). The van der Waals surface area contributed by atoms with Crippen LogP contribution in [-0.2, 0) is 4.79 Å². The Labute approximate surface area is 116 Å². The number of rotatable bonds is 6. The summed E-state index contributed by atoms with van der Waals surface area (Å²) in [5.74, 6) is -0.536. The van der Waals surface area contributed by atoms with E-state index in [-0.39, 0.29) is 6.54 Å². The van der Waals surface area contributed by atoms with Gasteiger partial charge in [-0.05, 0) is 19.1 Å². The average molecular weight is 282 g/mol. The number of anilines is 1. The van der Waals surface area contributed by atoms with Crippen LogP contribution in [0.5, 0.6) is 5.75 Å². The number of hydrogen-bond donors (Lipinski definition) is 4. The maximum Gasteiger partial charge on any atom is 0.319 e. The molecule has 0 fully saturated rings. The molecule has 2 amide bonds. The lowest BCUT2D eigenvalue weighted by Gasteiger charge is -2.21. The molecule has 0 heterocycles.